The molecular formula is C16H26N4O2. The minimum atomic E-state index is -0.217. The van der Waals surface area contributed by atoms with E-state index in [1.165, 1.54) is 0 Å². The summed E-state index contributed by atoms with van der Waals surface area (Å²) in [6, 6.07) is 3.94. The van der Waals surface area contributed by atoms with Gasteiger partial charge in [0.25, 0.3) is 0 Å². The van der Waals surface area contributed by atoms with Gasteiger partial charge in [-0.25, -0.2) is 9.78 Å². The van der Waals surface area contributed by atoms with Gasteiger partial charge in [-0.3, -0.25) is 10.2 Å². The van der Waals surface area contributed by atoms with Gasteiger partial charge >= 0.3 is 6.03 Å². The third-order valence-corrected chi connectivity index (χ3v) is 4.04. The van der Waals surface area contributed by atoms with E-state index in [0.29, 0.717) is 5.82 Å². The maximum Gasteiger partial charge on any atom is 0.320 e. The summed E-state index contributed by atoms with van der Waals surface area (Å²) in [6.07, 6.45) is 0. The van der Waals surface area contributed by atoms with Crippen molar-refractivity contribution in [3.63, 3.8) is 0 Å². The first kappa shape index (κ1) is 16.7. The summed E-state index contributed by atoms with van der Waals surface area (Å²) in [5.74, 6) is 0.584. The normalized spacial score (nSPS) is 18.5. The molecule has 2 unspecified atom stereocenters. The van der Waals surface area contributed by atoms with Crippen molar-refractivity contribution >= 4 is 11.8 Å². The topological polar surface area (TPSA) is 66.5 Å². The molecule has 0 spiro atoms. The second-order valence-electron chi connectivity index (χ2n) is 5.95. The van der Waals surface area contributed by atoms with E-state index in [1.807, 2.05) is 32.9 Å². The Morgan fingerprint density at radius 2 is 1.95 bits per heavy atom. The number of carbonyl (C=O) groups excluding carboxylic acids is 1. The fraction of sp³-hybridized carbons (Fsp3) is 0.625. The molecule has 0 aromatic carbocycles. The molecule has 0 saturated carbocycles. The van der Waals surface area contributed by atoms with Crippen LogP contribution < -0.4 is 10.6 Å². The molecule has 1 saturated heterocycles. The minimum Gasteiger partial charge on any atom is -0.379 e. The van der Waals surface area contributed by atoms with Crippen LogP contribution in [-0.2, 0) is 4.74 Å². The van der Waals surface area contributed by atoms with Crippen molar-refractivity contribution in [3.8, 4) is 0 Å². The number of aryl methyl sites for hydroxylation is 2. The molecule has 122 valence electrons. The number of ether oxygens (including phenoxy) is 1. The third-order valence-electron chi connectivity index (χ3n) is 4.04. The van der Waals surface area contributed by atoms with Gasteiger partial charge in [-0.05, 0) is 45.4 Å². The molecule has 2 N–H and O–H groups in total. The van der Waals surface area contributed by atoms with Gasteiger partial charge in [-0.2, -0.15) is 0 Å². The molecule has 0 radical (unpaired) electrons. The average molecular weight is 306 g/mol. The Morgan fingerprint density at radius 1 is 1.27 bits per heavy atom. The zero-order chi connectivity index (χ0) is 16.1. The lowest BCUT2D eigenvalue weighted by Crippen LogP contribution is -2.52. The fourth-order valence-corrected chi connectivity index (χ4v) is 2.69. The minimum absolute atomic E-state index is 0.0454. The van der Waals surface area contributed by atoms with Gasteiger partial charge in [0.05, 0.1) is 13.2 Å². The lowest BCUT2D eigenvalue weighted by atomic mass is 10.1. The smallest absolute Gasteiger partial charge is 0.320 e. The molecule has 6 heteroatoms. The third kappa shape index (κ3) is 4.68. The first-order valence-corrected chi connectivity index (χ1v) is 7.80. The number of amides is 2. The van der Waals surface area contributed by atoms with Crippen LogP contribution in [-0.4, -0.2) is 54.3 Å². The highest BCUT2D eigenvalue weighted by Gasteiger charge is 2.23. The second-order valence-corrected chi connectivity index (χ2v) is 5.95. The molecule has 6 nitrogen and oxygen atoms in total. The molecule has 1 aromatic heterocycles. The molecule has 1 aliphatic rings. The van der Waals surface area contributed by atoms with Crippen LogP contribution in [0.2, 0.25) is 0 Å². The van der Waals surface area contributed by atoms with E-state index in [9.17, 15) is 4.79 Å². The molecule has 1 aromatic rings. The number of hydrogen-bond donors (Lipinski definition) is 2. The number of rotatable bonds is 4. The van der Waals surface area contributed by atoms with E-state index in [0.717, 1.165) is 37.6 Å². The molecule has 1 fully saturated rings. The highest BCUT2D eigenvalue weighted by molar-refractivity contribution is 5.88. The van der Waals surface area contributed by atoms with E-state index >= 15 is 0 Å². The first-order valence-electron chi connectivity index (χ1n) is 7.80. The van der Waals surface area contributed by atoms with Gasteiger partial charge < -0.3 is 10.1 Å². The molecular weight excluding hydrogens is 280 g/mol. The zero-order valence-electron chi connectivity index (χ0n) is 13.8. The molecule has 22 heavy (non-hydrogen) atoms. The Labute approximate surface area is 132 Å². The van der Waals surface area contributed by atoms with Crippen LogP contribution in [0.15, 0.2) is 12.1 Å². The van der Waals surface area contributed by atoms with E-state index in [-0.39, 0.29) is 18.1 Å². The zero-order valence-corrected chi connectivity index (χ0v) is 13.8. The first-order chi connectivity index (χ1) is 10.5. The number of anilines is 1. The number of hydrogen-bond acceptors (Lipinski definition) is 4. The summed E-state index contributed by atoms with van der Waals surface area (Å²) in [7, 11) is 0. The Balaban J connectivity index is 1.87. The number of carbonyl (C=O) groups is 1. The number of urea groups is 1. The van der Waals surface area contributed by atoms with Crippen molar-refractivity contribution < 1.29 is 9.53 Å². The quantitative estimate of drug-likeness (QED) is 0.892. The molecule has 2 rings (SSSR count). The molecule has 0 aliphatic carbocycles. The van der Waals surface area contributed by atoms with Gasteiger partial charge in [-0.1, -0.05) is 0 Å². The fourth-order valence-electron chi connectivity index (χ4n) is 2.69. The molecule has 1 aliphatic heterocycles. The van der Waals surface area contributed by atoms with Crippen LogP contribution in [0.3, 0.4) is 0 Å². The van der Waals surface area contributed by atoms with Crippen LogP contribution in [0.4, 0.5) is 10.6 Å². The van der Waals surface area contributed by atoms with E-state index in [4.69, 9.17) is 4.74 Å². The Morgan fingerprint density at radius 3 is 2.59 bits per heavy atom. The Bertz CT molecular complexity index is 495. The molecule has 0 bridgehead atoms. The Hall–Kier alpha value is -1.66. The Kier molecular flexibility index (Phi) is 5.74. The van der Waals surface area contributed by atoms with Crippen molar-refractivity contribution in [1.29, 1.82) is 0 Å². The predicted octanol–water partition coefficient (Wildman–Crippen LogP) is 1.93. The van der Waals surface area contributed by atoms with E-state index in [2.05, 4.69) is 27.4 Å². The second kappa shape index (κ2) is 7.56. The van der Waals surface area contributed by atoms with Gasteiger partial charge in [0, 0.05) is 30.9 Å². The predicted molar refractivity (Wildman–Crippen MR) is 87.2 cm³/mol. The summed E-state index contributed by atoms with van der Waals surface area (Å²) < 4.78 is 5.36. The number of morpholine rings is 1. The highest BCUT2D eigenvalue weighted by atomic mass is 16.5. The number of pyridine rings is 1. The monoisotopic (exact) mass is 306 g/mol. The number of aromatic nitrogens is 1. The van der Waals surface area contributed by atoms with Crippen LogP contribution in [0.5, 0.6) is 0 Å². The molecule has 2 atom stereocenters. The summed E-state index contributed by atoms with van der Waals surface area (Å²) in [6.45, 7) is 11.4. The van der Waals surface area contributed by atoms with Crippen LogP contribution in [0, 0.1) is 13.8 Å². The lowest BCUT2D eigenvalue weighted by Gasteiger charge is -2.35. The summed E-state index contributed by atoms with van der Waals surface area (Å²) in [4.78, 5) is 18.8. The standard InChI is InChI=1S/C16H26N4O2/c1-11-9-12(2)17-15(10-11)19-16(21)18-13(3)14(4)20-5-7-22-8-6-20/h9-10,13-14H,5-8H2,1-4H3,(H2,17,18,19,21). The van der Waals surface area contributed by atoms with Crippen molar-refractivity contribution in [2.24, 2.45) is 0 Å². The summed E-state index contributed by atoms with van der Waals surface area (Å²) >= 11 is 0. The SMILES string of the molecule is Cc1cc(C)nc(NC(=O)NC(C)C(C)N2CCOCC2)c1. The lowest BCUT2D eigenvalue weighted by molar-refractivity contribution is 0.0146. The summed E-state index contributed by atoms with van der Waals surface area (Å²) in [5.41, 5.74) is 1.97. The van der Waals surface area contributed by atoms with Gasteiger partial charge in [0.1, 0.15) is 5.82 Å². The molecule has 2 heterocycles. The highest BCUT2D eigenvalue weighted by Crippen LogP contribution is 2.10. The van der Waals surface area contributed by atoms with Crippen molar-refractivity contribution in [2.75, 3.05) is 31.6 Å². The van der Waals surface area contributed by atoms with Gasteiger partial charge in [-0.15, -0.1) is 0 Å². The maximum absolute atomic E-state index is 12.1. The van der Waals surface area contributed by atoms with Crippen molar-refractivity contribution in [2.45, 2.75) is 39.8 Å². The maximum atomic E-state index is 12.1. The van der Waals surface area contributed by atoms with Crippen LogP contribution in [0.1, 0.15) is 25.1 Å². The van der Waals surface area contributed by atoms with Gasteiger partial charge in [0.15, 0.2) is 0 Å². The van der Waals surface area contributed by atoms with E-state index < -0.39 is 0 Å². The molecule has 2 amide bonds. The average Bonchev–Trinajstić information content (AvgIpc) is 2.46. The number of nitrogens with one attached hydrogen (secondary N) is 2. The largest absolute Gasteiger partial charge is 0.379 e. The van der Waals surface area contributed by atoms with E-state index in [1.54, 1.807) is 0 Å². The summed E-state index contributed by atoms with van der Waals surface area (Å²) in [5, 5.41) is 5.80. The van der Waals surface area contributed by atoms with Gasteiger partial charge in [0.2, 0.25) is 0 Å². The number of nitrogens with zero attached hydrogens (tertiary/aromatic N) is 2. The van der Waals surface area contributed by atoms with Crippen LogP contribution in [0.25, 0.3) is 0 Å². The van der Waals surface area contributed by atoms with Crippen molar-refractivity contribution in [1.82, 2.24) is 15.2 Å². The van der Waals surface area contributed by atoms with Crippen molar-refractivity contribution in [3.05, 3.63) is 23.4 Å². The van der Waals surface area contributed by atoms with Crippen LogP contribution >= 0.6 is 0 Å².